The fraction of sp³-hybridized carbons (Fsp3) is 0.600. The van der Waals surface area contributed by atoms with E-state index in [9.17, 15) is 9.59 Å². The second-order valence-electron chi connectivity index (χ2n) is 1.35. The van der Waals surface area contributed by atoms with Crippen molar-refractivity contribution >= 4 is 10.2 Å². The van der Waals surface area contributed by atoms with Gasteiger partial charge in [0.2, 0.25) is 0 Å². The molecular formula is C5H9O2Rh. The summed E-state index contributed by atoms with van der Waals surface area (Å²) in [6, 6.07) is 0. The van der Waals surface area contributed by atoms with Gasteiger partial charge < -0.3 is 4.79 Å². The average molecular weight is 204 g/mol. The zero-order valence-corrected chi connectivity index (χ0v) is 6.79. The van der Waals surface area contributed by atoms with Crippen LogP contribution in [0.4, 0.5) is 0 Å². The van der Waals surface area contributed by atoms with Gasteiger partial charge in [-0.15, -0.1) is 0 Å². The fourth-order valence-corrected chi connectivity index (χ4v) is 0. The molecular weight excluding hydrogens is 195 g/mol. The fourth-order valence-electron chi connectivity index (χ4n) is 0. The number of hydrogen-bond donors (Lipinski definition) is 0. The van der Waals surface area contributed by atoms with Crippen molar-refractivity contribution in [1.82, 2.24) is 0 Å². The van der Waals surface area contributed by atoms with E-state index >= 15 is 0 Å². The van der Waals surface area contributed by atoms with E-state index in [4.69, 9.17) is 0 Å². The third kappa shape index (κ3) is 110000. The summed E-state index contributed by atoms with van der Waals surface area (Å²) in [6.45, 7) is 4.53. The number of hydrogen-bond acceptors (Lipinski definition) is 2. The van der Waals surface area contributed by atoms with Gasteiger partial charge in [-0.05, 0) is 13.8 Å². The van der Waals surface area contributed by atoms with Crippen LogP contribution in [-0.2, 0) is 27.9 Å². The van der Waals surface area contributed by atoms with Gasteiger partial charge in [-0.3, -0.25) is 0 Å². The van der Waals surface area contributed by atoms with E-state index in [1.165, 1.54) is 20.8 Å². The minimum atomic E-state index is 0.0567. The summed E-state index contributed by atoms with van der Waals surface area (Å²) in [7, 11) is 0. The van der Waals surface area contributed by atoms with Crippen molar-refractivity contribution in [3.63, 3.8) is 0 Å². The number of carbonyl (C=O) groups is 2. The molecule has 50 valence electrons. The Morgan fingerprint density at radius 2 is 1.12 bits per heavy atom. The van der Waals surface area contributed by atoms with Gasteiger partial charge in [-0.2, -0.15) is 0 Å². The zero-order chi connectivity index (χ0) is 7.15. The molecule has 0 aliphatic heterocycles. The molecule has 0 bridgehead atoms. The molecule has 0 saturated heterocycles. The molecule has 0 heterocycles. The van der Waals surface area contributed by atoms with Crippen LogP contribution in [0.1, 0.15) is 20.8 Å². The molecule has 0 N–H and O–H groups in total. The SMILES string of the molecule is CC(C)=O.C[C](=O)[Rh]. The van der Waals surface area contributed by atoms with E-state index < -0.39 is 0 Å². The molecule has 0 saturated carbocycles. The van der Waals surface area contributed by atoms with Crippen molar-refractivity contribution in [1.29, 1.82) is 0 Å². The van der Waals surface area contributed by atoms with Crippen molar-refractivity contribution in [3.8, 4) is 0 Å². The summed E-state index contributed by atoms with van der Waals surface area (Å²) in [5, 5.41) is 0. The Bertz CT molecular complexity index is 68.4. The van der Waals surface area contributed by atoms with E-state index in [-0.39, 0.29) is 10.2 Å². The third-order valence-electron chi connectivity index (χ3n) is 0. The van der Waals surface area contributed by atoms with Crippen LogP contribution in [0.25, 0.3) is 0 Å². The third-order valence-corrected chi connectivity index (χ3v) is 0. The molecule has 0 aliphatic carbocycles. The maximum atomic E-state index is 9.44. The van der Waals surface area contributed by atoms with E-state index in [0.717, 1.165) is 0 Å². The summed E-state index contributed by atoms with van der Waals surface area (Å²) in [5.74, 6) is 0.167. The number of rotatable bonds is 0. The Balaban J connectivity index is 0. The molecule has 2 nitrogen and oxygen atoms in total. The van der Waals surface area contributed by atoms with Gasteiger partial charge in [0.1, 0.15) is 5.78 Å². The summed E-state index contributed by atoms with van der Waals surface area (Å²) < 4.78 is 0.0567. The van der Waals surface area contributed by atoms with Crippen LogP contribution in [0, 0.1) is 0 Å². The van der Waals surface area contributed by atoms with Gasteiger partial charge in [0.25, 0.3) is 0 Å². The molecule has 0 radical (unpaired) electrons. The Kier molecular flexibility index (Phi) is 9.45. The van der Waals surface area contributed by atoms with Crippen LogP contribution in [0.5, 0.6) is 0 Å². The van der Waals surface area contributed by atoms with Gasteiger partial charge in [0.15, 0.2) is 0 Å². The molecule has 3 heteroatoms. The van der Waals surface area contributed by atoms with Gasteiger partial charge in [0, 0.05) is 0 Å². The first kappa shape index (κ1) is 10.9. The van der Waals surface area contributed by atoms with Crippen LogP contribution in [0.2, 0.25) is 0 Å². The van der Waals surface area contributed by atoms with Crippen molar-refractivity contribution < 1.29 is 27.9 Å². The van der Waals surface area contributed by atoms with Crippen LogP contribution in [-0.4, -0.2) is 10.2 Å². The first-order chi connectivity index (χ1) is 3.46. The normalized spacial score (nSPS) is 6.62. The second kappa shape index (κ2) is 6.96. The Hall–Kier alpha value is -0.0366. The first-order valence-corrected chi connectivity index (χ1v) is 2.89. The van der Waals surface area contributed by atoms with Crippen molar-refractivity contribution in [2.24, 2.45) is 0 Å². The minimum absolute atomic E-state index is 0.0567. The van der Waals surface area contributed by atoms with Gasteiger partial charge in [-0.25, -0.2) is 0 Å². The second-order valence-corrected chi connectivity index (χ2v) is 2.50. The summed E-state index contributed by atoms with van der Waals surface area (Å²) in [4.78, 5) is 18.8. The van der Waals surface area contributed by atoms with Crippen LogP contribution in [0.15, 0.2) is 0 Å². The van der Waals surface area contributed by atoms with Crippen LogP contribution in [0.3, 0.4) is 0 Å². The van der Waals surface area contributed by atoms with Crippen LogP contribution < -0.4 is 0 Å². The Labute approximate surface area is 59.3 Å². The van der Waals surface area contributed by atoms with Gasteiger partial charge >= 0.3 is 34.4 Å². The van der Waals surface area contributed by atoms with E-state index in [1.807, 2.05) is 0 Å². The predicted octanol–water partition coefficient (Wildman–Crippen LogP) is 0.675. The molecule has 0 spiro atoms. The van der Waals surface area contributed by atoms with Gasteiger partial charge in [-0.1, -0.05) is 0 Å². The van der Waals surface area contributed by atoms with Crippen molar-refractivity contribution in [3.05, 3.63) is 0 Å². The van der Waals surface area contributed by atoms with Crippen molar-refractivity contribution in [2.45, 2.75) is 20.8 Å². The average Bonchev–Trinajstić information content (AvgIpc) is 1.25. The summed E-state index contributed by atoms with van der Waals surface area (Å²) >= 11 is 2.18. The Morgan fingerprint density at radius 3 is 1.12 bits per heavy atom. The molecule has 0 aromatic rings. The molecule has 0 unspecified atom stereocenters. The number of Topliss-reactive ketones (excluding diaryl/α,β-unsaturated/α-hetero) is 1. The maximum absolute atomic E-state index is 9.44. The number of carbonyl (C=O) groups excluding carboxylic acids is 2. The monoisotopic (exact) mass is 204 g/mol. The van der Waals surface area contributed by atoms with Crippen molar-refractivity contribution in [2.75, 3.05) is 0 Å². The van der Waals surface area contributed by atoms with E-state index in [2.05, 4.69) is 18.3 Å². The number of ketones is 1. The molecule has 8 heavy (non-hydrogen) atoms. The molecule has 0 aromatic heterocycles. The summed E-state index contributed by atoms with van der Waals surface area (Å²) in [6.07, 6.45) is 0. The predicted molar refractivity (Wildman–Crippen MR) is 27.0 cm³/mol. The molecule has 0 aromatic carbocycles. The van der Waals surface area contributed by atoms with Gasteiger partial charge in [0.05, 0.1) is 0 Å². The quantitative estimate of drug-likeness (QED) is 0.543. The Morgan fingerprint density at radius 1 is 1.12 bits per heavy atom. The molecule has 0 amide bonds. The standard InChI is InChI=1S/C3H6O.C2H3O.Rh/c1-3(2)4;1-2-3;/h1-2H3;1H3;. The molecule has 0 aliphatic rings. The van der Waals surface area contributed by atoms with E-state index in [1.54, 1.807) is 0 Å². The zero-order valence-electron chi connectivity index (χ0n) is 5.15. The molecule has 0 rings (SSSR count). The topological polar surface area (TPSA) is 34.1 Å². The van der Waals surface area contributed by atoms with E-state index in [0.29, 0.717) is 0 Å². The molecule has 0 fully saturated rings. The summed E-state index contributed by atoms with van der Waals surface area (Å²) in [5.41, 5.74) is 0. The molecule has 0 atom stereocenters. The van der Waals surface area contributed by atoms with Crippen LogP contribution >= 0.6 is 0 Å². The first-order valence-electron chi connectivity index (χ1n) is 2.07.